The van der Waals surface area contributed by atoms with Gasteiger partial charge in [0.15, 0.2) is 0 Å². The summed E-state index contributed by atoms with van der Waals surface area (Å²) in [5, 5.41) is 2.83. The molecule has 18 heavy (non-hydrogen) atoms. The first-order valence-corrected chi connectivity index (χ1v) is 7.21. The van der Waals surface area contributed by atoms with Crippen LogP contribution in [0.15, 0.2) is 0 Å². The van der Waals surface area contributed by atoms with Crippen molar-refractivity contribution in [3.63, 3.8) is 0 Å². The molecule has 2 aliphatic rings. The first-order valence-electron chi connectivity index (χ1n) is 7.21. The monoisotopic (exact) mass is 252 g/mol. The van der Waals surface area contributed by atoms with E-state index in [-0.39, 0.29) is 23.9 Å². The Balaban J connectivity index is 2.08. The zero-order chi connectivity index (χ0) is 13.1. The third-order valence-corrected chi connectivity index (χ3v) is 4.27. The lowest BCUT2D eigenvalue weighted by Crippen LogP contribution is -2.47. The number of nitrogens with zero attached hydrogens (tertiary/aromatic N) is 1. The zero-order valence-corrected chi connectivity index (χ0v) is 11.4. The molecule has 1 heterocycles. The lowest BCUT2D eigenvalue weighted by molar-refractivity contribution is -0.135. The van der Waals surface area contributed by atoms with Crippen molar-refractivity contribution in [1.82, 2.24) is 10.2 Å². The number of amides is 2. The average Bonchev–Trinajstić information content (AvgIpc) is 2.81. The van der Waals surface area contributed by atoms with E-state index in [0.29, 0.717) is 18.8 Å². The molecule has 4 nitrogen and oxygen atoms in total. The summed E-state index contributed by atoms with van der Waals surface area (Å²) >= 11 is 0. The highest BCUT2D eigenvalue weighted by molar-refractivity contribution is 5.90. The summed E-state index contributed by atoms with van der Waals surface area (Å²) in [6, 6.07) is -0.279. The van der Waals surface area contributed by atoms with Crippen molar-refractivity contribution in [2.75, 3.05) is 6.54 Å². The van der Waals surface area contributed by atoms with Crippen LogP contribution in [0, 0.1) is 5.92 Å². The molecule has 1 aliphatic carbocycles. The highest BCUT2D eigenvalue weighted by Crippen LogP contribution is 2.27. The van der Waals surface area contributed by atoms with Crippen LogP contribution < -0.4 is 5.32 Å². The Bertz CT molecular complexity index is 324. The smallest absolute Gasteiger partial charge is 0.245 e. The van der Waals surface area contributed by atoms with Crippen molar-refractivity contribution in [1.29, 1.82) is 0 Å². The normalized spacial score (nSPS) is 30.4. The van der Waals surface area contributed by atoms with Gasteiger partial charge in [0, 0.05) is 19.0 Å². The number of hydrogen-bond donors (Lipinski definition) is 1. The minimum absolute atomic E-state index is 0.0108. The molecule has 2 unspecified atom stereocenters. The minimum Gasteiger partial charge on any atom is -0.344 e. The summed E-state index contributed by atoms with van der Waals surface area (Å²) in [5.41, 5.74) is 0. The minimum atomic E-state index is -0.316. The van der Waals surface area contributed by atoms with Gasteiger partial charge in [-0.15, -0.1) is 0 Å². The number of carbonyl (C=O) groups excluding carboxylic acids is 2. The summed E-state index contributed by atoms with van der Waals surface area (Å²) in [5.74, 6) is 0.765. The van der Waals surface area contributed by atoms with E-state index in [2.05, 4.69) is 5.32 Å². The van der Waals surface area contributed by atoms with Crippen LogP contribution >= 0.6 is 0 Å². The summed E-state index contributed by atoms with van der Waals surface area (Å²) in [6.45, 7) is 4.78. The molecule has 0 aromatic rings. The van der Waals surface area contributed by atoms with Crippen LogP contribution in [0.3, 0.4) is 0 Å². The lowest BCUT2D eigenvalue weighted by atomic mass is 10.1. The molecule has 2 fully saturated rings. The summed E-state index contributed by atoms with van der Waals surface area (Å²) in [6.07, 6.45) is 6.15. The van der Waals surface area contributed by atoms with Crippen LogP contribution in [0.4, 0.5) is 0 Å². The second-order valence-electron chi connectivity index (χ2n) is 5.72. The Morgan fingerprint density at radius 1 is 1.28 bits per heavy atom. The van der Waals surface area contributed by atoms with Gasteiger partial charge >= 0.3 is 0 Å². The standard InChI is InChI=1S/C14H24N2O2/c1-3-12-14(18)16(9-11-6-4-5-7-11)10(2)8-13(17)15-12/h10-12H,3-9H2,1-2H3,(H,15,17). The Hall–Kier alpha value is -1.06. The molecule has 1 saturated heterocycles. The second-order valence-corrected chi connectivity index (χ2v) is 5.72. The molecule has 1 saturated carbocycles. The summed E-state index contributed by atoms with van der Waals surface area (Å²) < 4.78 is 0. The van der Waals surface area contributed by atoms with Crippen LogP contribution in [0.1, 0.15) is 52.4 Å². The molecule has 0 aromatic heterocycles. The Morgan fingerprint density at radius 2 is 1.94 bits per heavy atom. The van der Waals surface area contributed by atoms with E-state index in [4.69, 9.17) is 0 Å². The van der Waals surface area contributed by atoms with Crippen molar-refractivity contribution in [2.45, 2.75) is 64.5 Å². The SMILES string of the molecule is CCC1NC(=O)CC(C)N(CC2CCCC2)C1=O. The largest absolute Gasteiger partial charge is 0.344 e. The average molecular weight is 252 g/mol. The molecule has 0 radical (unpaired) electrons. The van der Waals surface area contributed by atoms with Crippen molar-refractivity contribution in [3.8, 4) is 0 Å². The number of carbonyl (C=O) groups is 2. The van der Waals surface area contributed by atoms with Crippen LogP contribution in [0.25, 0.3) is 0 Å². The maximum absolute atomic E-state index is 12.4. The van der Waals surface area contributed by atoms with Crippen molar-refractivity contribution in [3.05, 3.63) is 0 Å². The quantitative estimate of drug-likeness (QED) is 0.831. The van der Waals surface area contributed by atoms with Crippen molar-refractivity contribution < 1.29 is 9.59 Å². The van der Waals surface area contributed by atoms with E-state index in [9.17, 15) is 9.59 Å². The Morgan fingerprint density at radius 3 is 2.56 bits per heavy atom. The first kappa shape index (κ1) is 13.4. The fraction of sp³-hybridized carbons (Fsp3) is 0.857. The first-order chi connectivity index (χ1) is 8.61. The molecule has 102 valence electrons. The van der Waals surface area contributed by atoms with Gasteiger partial charge in [-0.1, -0.05) is 19.8 Å². The molecule has 2 amide bonds. The van der Waals surface area contributed by atoms with Crippen LogP contribution in [-0.4, -0.2) is 35.3 Å². The third kappa shape index (κ3) is 2.85. The van der Waals surface area contributed by atoms with E-state index in [0.717, 1.165) is 6.54 Å². The van der Waals surface area contributed by atoms with Gasteiger partial charge in [0.1, 0.15) is 6.04 Å². The molecule has 0 bridgehead atoms. The van der Waals surface area contributed by atoms with Crippen LogP contribution in [0.5, 0.6) is 0 Å². The van der Waals surface area contributed by atoms with Crippen molar-refractivity contribution >= 4 is 11.8 Å². The van der Waals surface area contributed by atoms with E-state index in [1.54, 1.807) is 0 Å². The number of hydrogen-bond acceptors (Lipinski definition) is 2. The lowest BCUT2D eigenvalue weighted by Gasteiger charge is -2.30. The second kappa shape index (κ2) is 5.72. The number of nitrogens with one attached hydrogen (secondary N) is 1. The van der Waals surface area contributed by atoms with Crippen molar-refractivity contribution in [2.24, 2.45) is 5.92 Å². The predicted octanol–water partition coefficient (Wildman–Crippen LogP) is 1.69. The zero-order valence-electron chi connectivity index (χ0n) is 11.4. The molecule has 1 N–H and O–H groups in total. The molecular formula is C14H24N2O2. The topological polar surface area (TPSA) is 49.4 Å². The van der Waals surface area contributed by atoms with E-state index in [1.807, 2.05) is 18.7 Å². The van der Waals surface area contributed by atoms with Gasteiger partial charge < -0.3 is 10.2 Å². The highest BCUT2D eigenvalue weighted by atomic mass is 16.2. The fourth-order valence-corrected chi connectivity index (χ4v) is 3.13. The third-order valence-electron chi connectivity index (χ3n) is 4.27. The van der Waals surface area contributed by atoms with Gasteiger partial charge in [-0.25, -0.2) is 0 Å². The molecule has 4 heteroatoms. The van der Waals surface area contributed by atoms with Crippen LogP contribution in [-0.2, 0) is 9.59 Å². The van der Waals surface area contributed by atoms with Crippen LogP contribution in [0.2, 0.25) is 0 Å². The van der Waals surface area contributed by atoms with E-state index < -0.39 is 0 Å². The summed E-state index contributed by atoms with van der Waals surface area (Å²) in [4.78, 5) is 26.1. The van der Waals surface area contributed by atoms with Gasteiger partial charge in [-0.2, -0.15) is 0 Å². The summed E-state index contributed by atoms with van der Waals surface area (Å²) in [7, 11) is 0. The van der Waals surface area contributed by atoms with Gasteiger partial charge in [0.25, 0.3) is 0 Å². The number of rotatable bonds is 3. The molecule has 0 spiro atoms. The fourth-order valence-electron chi connectivity index (χ4n) is 3.13. The molecule has 2 rings (SSSR count). The maximum Gasteiger partial charge on any atom is 0.245 e. The molecule has 0 aromatic carbocycles. The Labute approximate surface area is 109 Å². The molecule has 2 atom stereocenters. The van der Waals surface area contributed by atoms with Gasteiger partial charge in [-0.3, -0.25) is 9.59 Å². The van der Waals surface area contributed by atoms with E-state index in [1.165, 1.54) is 25.7 Å². The van der Waals surface area contributed by atoms with E-state index >= 15 is 0 Å². The highest BCUT2D eigenvalue weighted by Gasteiger charge is 2.34. The molecular weight excluding hydrogens is 228 g/mol. The predicted molar refractivity (Wildman–Crippen MR) is 70.0 cm³/mol. The van der Waals surface area contributed by atoms with Gasteiger partial charge in [0.05, 0.1) is 0 Å². The van der Waals surface area contributed by atoms with Gasteiger partial charge in [0.2, 0.25) is 11.8 Å². The molecule has 1 aliphatic heterocycles. The maximum atomic E-state index is 12.4. The Kier molecular flexibility index (Phi) is 4.25. The van der Waals surface area contributed by atoms with Gasteiger partial charge in [-0.05, 0) is 32.1 Å².